The molecule has 2 aromatic carbocycles. The van der Waals surface area contributed by atoms with Crippen molar-refractivity contribution in [3.05, 3.63) is 42.5 Å². The third-order valence-corrected chi connectivity index (χ3v) is 5.87. The minimum atomic E-state index is -0.907. The normalized spacial score (nSPS) is 20.4. The number of aliphatic hydroxyl groups is 1. The van der Waals surface area contributed by atoms with Crippen molar-refractivity contribution in [3.8, 4) is 5.75 Å². The number of nitrogens with zero attached hydrogens (tertiary/aromatic N) is 1. The fourth-order valence-corrected chi connectivity index (χ4v) is 4.43. The number of carbonyl (C=O) groups is 2. The van der Waals surface area contributed by atoms with Crippen molar-refractivity contribution < 1.29 is 19.4 Å². The lowest BCUT2D eigenvalue weighted by Crippen LogP contribution is -2.42. The van der Waals surface area contributed by atoms with E-state index in [1.54, 1.807) is 0 Å². The summed E-state index contributed by atoms with van der Waals surface area (Å²) in [6, 6.07) is 13.6. The third kappa shape index (κ3) is 3.44. The van der Waals surface area contributed by atoms with E-state index in [0.29, 0.717) is 12.2 Å². The van der Waals surface area contributed by atoms with E-state index in [0.717, 1.165) is 42.9 Å². The van der Waals surface area contributed by atoms with Crippen LogP contribution in [0, 0.1) is 5.41 Å². The number of imide groups is 1. The number of benzene rings is 2. The number of fused-ring (bicyclic) bond motifs is 1. The number of rotatable bonds is 5. The number of carbonyl (C=O) groups excluding carboxylic acids is 2. The molecule has 5 heteroatoms. The smallest absolute Gasteiger partial charge is 0.235 e. The molecule has 1 N–H and O–H groups in total. The Balaban J connectivity index is 1.40. The molecule has 1 saturated heterocycles. The Morgan fingerprint density at radius 2 is 1.78 bits per heavy atom. The molecule has 5 nitrogen and oxygen atoms in total. The van der Waals surface area contributed by atoms with Crippen LogP contribution in [0.5, 0.6) is 5.75 Å². The maximum atomic E-state index is 12.8. The van der Waals surface area contributed by atoms with E-state index in [1.807, 2.05) is 42.5 Å². The maximum absolute atomic E-state index is 12.8. The van der Waals surface area contributed by atoms with Crippen LogP contribution in [0.3, 0.4) is 0 Å². The van der Waals surface area contributed by atoms with Crippen molar-refractivity contribution >= 4 is 22.6 Å². The Bertz CT molecular complexity index is 851. The molecule has 27 heavy (non-hydrogen) atoms. The molecule has 0 unspecified atom stereocenters. The fourth-order valence-electron chi connectivity index (χ4n) is 4.43. The second kappa shape index (κ2) is 7.31. The van der Waals surface area contributed by atoms with Crippen LogP contribution in [0.2, 0.25) is 0 Å². The monoisotopic (exact) mass is 367 g/mol. The standard InChI is InChI=1S/C22H25NO4/c24-17(15-27-19-10-6-8-16-7-2-3-9-18(16)19)14-23-20(25)13-22(21(23)26)11-4-1-5-12-22/h2-3,6-10,17,24H,1,4-5,11-15H2/t17-/m1/s1. The molecular weight excluding hydrogens is 342 g/mol. The van der Waals surface area contributed by atoms with Gasteiger partial charge in [-0.3, -0.25) is 14.5 Å². The van der Waals surface area contributed by atoms with Crippen molar-refractivity contribution in [1.29, 1.82) is 0 Å². The first-order valence-electron chi connectivity index (χ1n) is 9.72. The number of ether oxygens (including phenoxy) is 1. The second-order valence-electron chi connectivity index (χ2n) is 7.77. The van der Waals surface area contributed by atoms with Crippen molar-refractivity contribution in [3.63, 3.8) is 0 Å². The van der Waals surface area contributed by atoms with Gasteiger partial charge in [-0.15, -0.1) is 0 Å². The quantitative estimate of drug-likeness (QED) is 0.824. The largest absolute Gasteiger partial charge is 0.490 e. The van der Waals surface area contributed by atoms with Gasteiger partial charge in [-0.25, -0.2) is 0 Å². The van der Waals surface area contributed by atoms with Gasteiger partial charge in [0, 0.05) is 11.8 Å². The summed E-state index contributed by atoms with van der Waals surface area (Å²) in [6.07, 6.45) is 4.09. The molecule has 1 aliphatic carbocycles. The first kappa shape index (κ1) is 18.0. The lowest BCUT2D eigenvalue weighted by Gasteiger charge is -2.30. The van der Waals surface area contributed by atoms with E-state index in [4.69, 9.17) is 4.74 Å². The van der Waals surface area contributed by atoms with Gasteiger partial charge in [0.1, 0.15) is 18.5 Å². The highest BCUT2D eigenvalue weighted by Gasteiger charge is 2.51. The topological polar surface area (TPSA) is 66.8 Å². The van der Waals surface area contributed by atoms with Crippen LogP contribution in [-0.4, -0.2) is 41.1 Å². The molecule has 1 spiro atoms. The van der Waals surface area contributed by atoms with Gasteiger partial charge in [0.05, 0.1) is 12.0 Å². The van der Waals surface area contributed by atoms with Crippen LogP contribution in [0.1, 0.15) is 38.5 Å². The van der Waals surface area contributed by atoms with E-state index in [2.05, 4.69) is 0 Å². The molecule has 4 rings (SSSR count). The summed E-state index contributed by atoms with van der Waals surface area (Å²) >= 11 is 0. The highest BCUT2D eigenvalue weighted by molar-refractivity contribution is 6.06. The summed E-state index contributed by atoms with van der Waals surface area (Å²) in [6.45, 7) is 0.0439. The zero-order valence-electron chi connectivity index (χ0n) is 15.4. The van der Waals surface area contributed by atoms with Crippen LogP contribution in [0.15, 0.2) is 42.5 Å². The average molecular weight is 367 g/mol. The predicted molar refractivity (Wildman–Crippen MR) is 102 cm³/mol. The first-order valence-corrected chi connectivity index (χ1v) is 9.72. The molecule has 1 atom stereocenters. The SMILES string of the molecule is O=C1CC2(CCCCC2)C(=O)N1C[C@@H](O)COc1cccc2ccccc12. The van der Waals surface area contributed by atoms with Gasteiger partial charge in [-0.2, -0.15) is 0 Å². The lowest BCUT2D eigenvalue weighted by molar-refractivity contribution is -0.144. The molecule has 0 aromatic heterocycles. The molecule has 1 heterocycles. The molecule has 1 aliphatic heterocycles. The number of amides is 2. The Labute approximate surface area is 158 Å². The number of likely N-dealkylation sites (tertiary alicyclic amines) is 1. The third-order valence-electron chi connectivity index (χ3n) is 5.87. The Morgan fingerprint density at radius 3 is 2.59 bits per heavy atom. The molecule has 0 bridgehead atoms. The predicted octanol–water partition coefficient (Wildman–Crippen LogP) is 3.29. The van der Waals surface area contributed by atoms with Crippen LogP contribution >= 0.6 is 0 Å². The van der Waals surface area contributed by atoms with Gasteiger partial charge in [-0.1, -0.05) is 55.7 Å². The van der Waals surface area contributed by atoms with Gasteiger partial charge in [-0.05, 0) is 24.3 Å². The molecule has 2 aliphatic rings. The van der Waals surface area contributed by atoms with Crippen molar-refractivity contribution in [2.75, 3.05) is 13.2 Å². The zero-order chi connectivity index (χ0) is 18.9. The van der Waals surface area contributed by atoms with E-state index < -0.39 is 11.5 Å². The molecule has 0 radical (unpaired) electrons. The summed E-state index contributed by atoms with van der Waals surface area (Å²) in [7, 11) is 0. The van der Waals surface area contributed by atoms with Crippen LogP contribution < -0.4 is 4.74 Å². The van der Waals surface area contributed by atoms with Gasteiger partial charge in [0.25, 0.3) is 0 Å². The van der Waals surface area contributed by atoms with Crippen LogP contribution in [0.25, 0.3) is 10.8 Å². The van der Waals surface area contributed by atoms with E-state index in [-0.39, 0.29) is 25.0 Å². The maximum Gasteiger partial charge on any atom is 0.235 e. The summed E-state index contributed by atoms with van der Waals surface area (Å²) < 4.78 is 5.80. The molecule has 142 valence electrons. The van der Waals surface area contributed by atoms with Gasteiger partial charge < -0.3 is 9.84 Å². The summed E-state index contributed by atoms with van der Waals surface area (Å²) in [5.41, 5.74) is -0.508. The van der Waals surface area contributed by atoms with Crippen molar-refractivity contribution in [2.24, 2.45) is 5.41 Å². The molecule has 2 fully saturated rings. The van der Waals surface area contributed by atoms with E-state index in [1.165, 1.54) is 4.90 Å². The Morgan fingerprint density at radius 1 is 1.04 bits per heavy atom. The molecule has 1 saturated carbocycles. The Hall–Kier alpha value is -2.40. The lowest BCUT2D eigenvalue weighted by atomic mass is 9.73. The summed E-state index contributed by atoms with van der Waals surface area (Å²) in [5, 5.41) is 12.4. The van der Waals surface area contributed by atoms with E-state index >= 15 is 0 Å². The summed E-state index contributed by atoms with van der Waals surface area (Å²) in [5.74, 6) is 0.428. The molecular formula is C22H25NO4. The fraction of sp³-hybridized carbons (Fsp3) is 0.455. The van der Waals surface area contributed by atoms with Gasteiger partial charge in [0.2, 0.25) is 11.8 Å². The number of β-amino-alcohol motifs (C(OH)–C–C–N with tert-alkyl or cyclic N) is 1. The van der Waals surface area contributed by atoms with Gasteiger partial charge in [0.15, 0.2) is 0 Å². The molecule has 2 aromatic rings. The van der Waals surface area contributed by atoms with Crippen molar-refractivity contribution in [1.82, 2.24) is 4.90 Å². The second-order valence-corrected chi connectivity index (χ2v) is 7.77. The minimum absolute atomic E-state index is 0.00415. The highest BCUT2D eigenvalue weighted by Crippen LogP contribution is 2.45. The van der Waals surface area contributed by atoms with Crippen LogP contribution in [-0.2, 0) is 9.59 Å². The van der Waals surface area contributed by atoms with E-state index in [9.17, 15) is 14.7 Å². The molecule has 2 amide bonds. The number of aliphatic hydroxyl groups excluding tert-OH is 1. The number of hydrogen-bond acceptors (Lipinski definition) is 4. The highest BCUT2D eigenvalue weighted by atomic mass is 16.5. The Kier molecular flexibility index (Phi) is 4.87. The average Bonchev–Trinajstić information content (AvgIpc) is 2.91. The zero-order valence-corrected chi connectivity index (χ0v) is 15.4. The van der Waals surface area contributed by atoms with Gasteiger partial charge >= 0.3 is 0 Å². The number of hydrogen-bond donors (Lipinski definition) is 1. The first-order chi connectivity index (χ1) is 13.1. The van der Waals surface area contributed by atoms with Crippen LogP contribution in [0.4, 0.5) is 0 Å². The summed E-state index contributed by atoms with van der Waals surface area (Å²) in [4.78, 5) is 26.5. The minimum Gasteiger partial charge on any atom is -0.490 e. The van der Waals surface area contributed by atoms with Crippen molar-refractivity contribution in [2.45, 2.75) is 44.6 Å².